The molecule has 0 saturated heterocycles. The molecule has 0 aliphatic heterocycles. The van der Waals surface area contributed by atoms with Crippen molar-refractivity contribution < 1.29 is 22.4 Å². The van der Waals surface area contributed by atoms with Crippen molar-refractivity contribution in [1.29, 1.82) is 0 Å². The predicted molar refractivity (Wildman–Crippen MR) is 97.3 cm³/mol. The van der Waals surface area contributed by atoms with Gasteiger partial charge in [-0.25, -0.2) is 4.79 Å². The number of halogens is 3. The lowest BCUT2D eigenvalue weighted by molar-refractivity contribution is -0.137. The lowest BCUT2D eigenvalue weighted by Gasteiger charge is -2.09. The van der Waals surface area contributed by atoms with Gasteiger partial charge in [-0.2, -0.15) is 13.2 Å². The molecule has 136 valence electrons. The molecule has 1 amide bonds. The molecular weight excluding hydrogens is 379 g/mol. The van der Waals surface area contributed by atoms with Gasteiger partial charge in [-0.1, -0.05) is 18.2 Å². The monoisotopic (exact) mass is 389 g/mol. The minimum atomic E-state index is -4.50. The first-order valence-corrected chi connectivity index (χ1v) is 8.58. The molecule has 2 aromatic heterocycles. The summed E-state index contributed by atoms with van der Waals surface area (Å²) in [5.74, 6) is -0.598. The van der Waals surface area contributed by atoms with Crippen molar-refractivity contribution in [2.24, 2.45) is 0 Å². The van der Waals surface area contributed by atoms with Gasteiger partial charge in [0.05, 0.1) is 20.5 Å². The van der Waals surface area contributed by atoms with Crippen LogP contribution in [-0.2, 0) is 6.18 Å². The molecule has 0 fully saturated rings. The zero-order valence-corrected chi connectivity index (χ0v) is 14.3. The highest BCUT2D eigenvalue weighted by Crippen LogP contribution is 2.32. The fraction of sp³-hybridized carbons (Fsp3) is 0.0526. The van der Waals surface area contributed by atoms with Gasteiger partial charge in [0.2, 0.25) is 0 Å². The first-order chi connectivity index (χ1) is 12.8. The molecule has 1 N–H and O–H groups in total. The van der Waals surface area contributed by atoms with Crippen LogP contribution < -0.4 is 10.9 Å². The summed E-state index contributed by atoms with van der Waals surface area (Å²) >= 11 is 1.08. The number of alkyl halides is 3. The van der Waals surface area contributed by atoms with Crippen LogP contribution in [0.25, 0.3) is 21.1 Å². The fourth-order valence-corrected chi connectivity index (χ4v) is 3.79. The van der Waals surface area contributed by atoms with Gasteiger partial charge >= 0.3 is 11.8 Å². The SMILES string of the molecule is O=C(Nc1cccc(C(F)(F)F)c1)c1cc2c(=O)oc3ccccc3c2s1. The summed E-state index contributed by atoms with van der Waals surface area (Å²) in [6, 6.07) is 12.7. The second kappa shape index (κ2) is 6.24. The van der Waals surface area contributed by atoms with E-state index in [0.29, 0.717) is 15.7 Å². The number of hydrogen-bond donors (Lipinski definition) is 1. The molecule has 4 nitrogen and oxygen atoms in total. The highest BCUT2D eigenvalue weighted by atomic mass is 32.1. The molecule has 0 bridgehead atoms. The summed E-state index contributed by atoms with van der Waals surface area (Å²) in [6.07, 6.45) is -4.50. The lowest BCUT2D eigenvalue weighted by Crippen LogP contribution is -2.12. The van der Waals surface area contributed by atoms with E-state index in [0.717, 1.165) is 23.5 Å². The Morgan fingerprint density at radius 1 is 1.00 bits per heavy atom. The number of benzene rings is 2. The molecule has 0 atom stereocenters. The Balaban J connectivity index is 1.73. The Morgan fingerprint density at radius 2 is 1.78 bits per heavy atom. The van der Waals surface area contributed by atoms with Crippen LogP contribution in [0.15, 0.2) is 63.8 Å². The van der Waals surface area contributed by atoms with Crippen molar-refractivity contribution in [3.05, 3.63) is 75.5 Å². The maximum Gasteiger partial charge on any atom is 0.416 e. The first-order valence-electron chi connectivity index (χ1n) is 7.77. The average Bonchev–Trinajstić information content (AvgIpc) is 3.08. The van der Waals surface area contributed by atoms with Gasteiger partial charge in [0.1, 0.15) is 5.58 Å². The molecule has 2 aromatic carbocycles. The quantitative estimate of drug-likeness (QED) is 0.475. The zero-order valence-electron chi connectivity index (χ0n) is 13.5. The molecule has 4 rings (SSSR count). The van der Waals surface area contributed by atoms with Crippen molar-refractivity contribution in [2.45, 2.75) is 6.18 Å². The van der Waals surface area contributed by atoms with E-state index < -0.39 is 23.3 Å². The van der Waals surface area contributed by atoms with Gasteiger partial charge in [-0.15, -0.1) is 11.3 Å². The number of carbonyl (C=O) groups is 1. The highest BCUT2D eigenvalue weighted by molar-refractivity contribution is 7.21. The normalized spacial score (nSPS) is 11.8. The Labute approximate surface area is 153 Å². The van der Waals surface area contributed by atoms with E-state index in [9.17, 15) is 22.8 Å². The average molecular weight is 389 g/mol. The Hall–Kier alpha value is -3.13. The molecular formula is C19H10F3NO3S. The Morgan fingerprint density at radius 3 is 2.56 bits per heavy atom. The van der Waals surface area contributed by atoms with Gasteiger partial charge in [-0.05, 0) is 36.4 Å². The third kappa shape index (κ3) is 3.19. The van der Waals surface area contributed by atoms with Gasteiger partial charge in [-0.3, -0.25) is 4.79 Å². The summed E-state index contributed by atoms with van der Waals surface area (Å²) in [7, 11) is 0. The van der Waals surface area contributed by atoms with Crippen LogP contribution in [0, 0.1) is 0 Å². The van der Waals surface area contributed by atoms with E-state index in [1.165, 1.54) is 18.2 Å². The number of rotatable bonds is 2. The van der Waals surface area contributed by atoms with Crippen LogP contribution in [0.5, 0.6) is 0 Å². The van der Waals surface area contributed by atoms with Crippen LogP contribution >= 0.6 is 11.3 Å². The van der Waals surface area contributed by atoms with E-state index in [4.69, 9.17) is 4.42 Å². The van der Waals surface area contributed by atoms with Crippen molar-refractivity contribution in [3.63, 3.8) is 0 Å². The minimum absolute atomic E-state index is 0.0178. The summed E-state index contributed by atoms with van der Waals surface area (Å²) in [5.41, 5.74) is -1.01. The predicted octanol–water partition coefficient (Wildman–Crippen LogP) is 5.28. The van der Waals surface area contributed by atoms with Gasteiger partial charge in [0.25, 0.3) is 5.91 Å². The number of carbonyl (C=O) groups excluding carboxylic acids is 1. The molecule has 8 heteroatoms. The molecule has 0 radical (unpaired) electrons. The van der Waals surface area contributed by atoms with E-state index in [-0.39, 0.29) is 16.0 Å². The second-order valence-corrected chi connectivity index (χ2v) is 6.82. The number of nitrogens with one attached hydrogen (secondary N) is 1. The van der Waals surface area contributed by atoms with Crippen LogP contribution in [0.3, 0.4) is 0 Å². The topological polar surface area (TPSA) is 59.3 Å². The van der Waals surface area contributed by atoms with Gasteiger partial charge < -0.3 is 9.73 Å². The standard InChI is InChI=1S/C19H10F3NO3S/c20-19(21,22)10-4-3-5-11(8-10)23-17(24)15-9-13-16(27-15)12-6-1-2-7-14(12)26-18(13)25/h1-9H,(H,23,24). The number of hydrogen-bond acceptors (Lipinski definition) is 4. The molecule has 2 heterocycles. The number of amides is 1. The molecule has 0 aliphatic rings. The van der Waals surface area contributed by atoms with Crippen LogP contribution in [0.1, 0.15) is 15.2 Å². The Bertz CT molecular complexity index is 1240. The molecule has 0 spiro atoms. The lowest BCUT2D eigenvalue weighted by atomic mass is 10.2. The van der Waals surface area contributed by atoms with E-state index in [2.05, 4.69) is 5.32 Å². The molecule has 0 saturated carbocycles. The minimum Gasteiger partial charge on any atom is -0.422 e. The third-order valence-corrected chi connectivity index (χ3v) is 5.12. The molecule has 27 heavy (non-hydrogen) atoms. The third-order valence-electron chi connectivity index (χ3n) is 3.96. The fourth-order valence-electron chi connectivity index (χ4n) is 2.72. The van der Waals surface area contributed by atoms with Crippen molar-refractivity contribution in [3.8, 4) is 0 Å². The summed E-state index contributed by atoms with van der Waals surface area (Å²) in [6.45, 7) is 0. The summed E-state index contributed by atoms with van der Waals surface area (Å²) in [4.78, 5) is 24.8. The molecule has 4 aromatic rings. The summed E-state index contributed by atoms with van der Waals surface area (Å²) in [5, 5.41) is 3.39. The van der Waals surface area contributed by atoms with Crippen molar-refractivity contribution >= 4 is 44.0 Å². The van der Waals surface area contributed by atoms with E-state index >= 15 is 0 Å². The number of thiophene rings is 1. The summed E-state index contributed by atoms with van der Waals surface area (Å²) < 4.78 is 44.2. The number of anilines is 1. The maximum atomic E-state index is 12.8. The van der Waals surface area contributed by atoms with Crippen LogP contribution in [0.4, 0.5) is 18.9 Å². The Kier molecular flexibility index (Phi) is 4.00. The van der Waals surface area contributed by atoms with E-state index in [1.807, 2.05) is 0 Å². The first kappa shape index (κ1) is 17.3. The van der Waals surface area contributed by atoms with E-state index in [1.54, 1.807) is 24.3 Å². The van der Waals surface area contributed by atoms with Crippen LogP contribution in [0.2, 0.25) is 0 Å². The van der Waals surface area contributed by atoms with Crippen LogP contribution in [-0.4, -0.2) is 5.91 Å². The smallest absolute Gasteiger partial charge is 0.416 e. The maximum absolute atomic E-state index is 12.8. The zero-order chi connectivity index (χ0) is 19.2. The second-order valence-electron chi connectivity index (χ2n) is 5.77. The van der Waals surface area contributed by atoms with Crippen molar-refractivity contribution in [1.82, 2.24) is 0 Å². The molecule has 0 aliphatic carbocycles. The number of fused-ring (bicyclic) bond motifs is 3. The highest BCUT2D eigenvalue weighted by Gasteiger charge is 2.30. The largest absolute Gasteiger partial charge is 0.422 e. The van der Waals surface area contributed by atoms with Gasteiger partial charge in [0, 0.05) is 11.1 Å². The molecule has 0 unspecified atom stereocenters. The van der Waals surface area contributed by atoms with Crippen molar-refractivity contribution in [2.75, 3.05) is 5.32 Å². The number of para-hydroxylation sites is 1. The van der Waals surface area contributed by atoms with Gasteiger partial charge in [0.15, 0.2) is 0 Å².